The Morgan fingerprint density at radius 1 is 1.26 bits per heavy atom. The number of anilines is 1. The summed E-state index contributed by atoms with van der Waals surface area (Å²) in [5.41, 5.74) is 1.58. The van der Waals surface area contributed by atoms with Crippen LogP contribution < -0.4 is 10.2 Å². The molecule has 35 heavy (non-hydrogen) atoms. The predicted octanol–water partition coefficient (Wildman–Crippen LogP) is 2.98. The molecule has 3 aromatic rings. The molecule has 3 atom stereocenters. The van der Waals surface area contributed by atoms with Crippen molar-refractivity contribution in [3.8, 4) is 0 Å². The summed E-state index contributed by atoms with van der Waals surface area (Å²) in [6, 6.07) is 10.4. The molecule has 2 amide bonds. The number of H-pyrrole nitrogens is 1. The quantitative estimate of drug-likeness (QED) is 0.478. The normalized spacial score (nSPS) is 21.1. The molecule has 5 rings (SSSR count). The van der Waals surface area contributed by atoms with Crippen molar-refractivity contribution in [1.82, 2.24) is 25.2 Å². The number of aromatic amines is 1. The number of methoxy groups -OCH3 is 1. The van der Waals surface area contributed by atoms with Crippen molar-refractivity contribution in [2.24, 2.45) is 0 Å². The average Bonchev–Trinajstić information content (AvgIpc) is 3.55. The SMILES string of the molecule is COC1CC(C(NC(=O)C2=CN(c3ncnc4[nH]ccc34)CCS2)c2ccccc2)N(C(=O)O)C1. The van der Waals surface area contributed by atoms with Crippen molar-refractivity contribution < 1.29 is 19.4 Å². The summed E-state index contributed by atoms with van der Waals surface area (Å²) < 4.78 is 5.47. The summed E-state index contributed by atoms with van der Waals surface area (Å²) in [5.74, 6) is 1.19. The van der Waals surface area contributed by atoms with Gasteiger partial charge in [-0.05, 0) is 18.1 Å². The van der Waals surface area contributed by atoms with Crippen molar-refractivity contribution in [3.63, 3.8) is 0 Å². The van der Waals surface area contributed by atoms with Gasteiger partial charge in [-0.3, -0.25) is 4.79 Å². The number of ether oxygens (including phenoxy) is 1. The Kier molecular flexibility index (Phi) is 6.60. The van der Waals surface area contributed by atoms with Crippen LogP contribution in [0.4, 0.5) is 10.6 Å². The van der Waals surface area contributed by atoms with E-state index in [1.165, 1.54) is 23.0 Å². The number of nitrogens with zero attached hydrogens (tertiary/aromatic N) is 4. The molecule has 1 fully saturated rings. The lowest BCUT2D eigenvalue weighted by molar-refractivity contribution is -0.118. The highest BCUT2D eigenvalue weighted by Crippen LogP contribution is 2.33. The van der Waals surface area contributed by atoms with Crippen LogP contribution >= 0.6 is 11.8 Å². The van der Waals surface area contributed by atoms with E-state index in [2.05, 4.69) is 20.3 Å². The molecule has 0 saturated carbocycles. The number of benzene rings is 1. The molecule has 2 aromatic heterocycles. The molecule has 0 bridgehead atoms. The Balaban J connectivity index is 1.43. The molecule has 11 heteroatoms. The van der Waals surface area contributed by atoms with Crippen molar-refractivity contribution in [1.29, 1.82) is 0 Å². The van der Waals surface area contributed by atoms with Crippen LogP contribution in [-0.4, -0.2) is 75.1 Å². The average molecular weight is 495 g/mol. The lowest BCUT2D eigenvalue weighted by Crippen LogP contribution is -2.45. The first-order valence-corrected chi connectivity index (χ1v) is 12.3. The molecule has 10 nitrogen and oxygen atoms in total. The van der Waals surface area contributed by atoms with Crippen molar-refractivity contribution in [3.05, 3.63) is 65.6 Å². The summed E-state index contributed by atoms with van der Waals surface area (Å²) in [7, 11) is 1.58. The van der Waals surface area contributed by atoms with Gasteiger partial charge in [-0.2, -0.15) is 0 Å². The molecule has 4 heterocycles. The Hall–Kier alpha value is -3.57. The van der Waals surface area contributed by atoms with E-state index in [4.69, 9.17) is 4.74 Å². The maximum absolute atomic E-state index is 13.5. The Labute approximate surface area is 206 Å². The largest absolute Gasteiger partial charge is 0.465 e. The fraction of sp³-hybridized carbons (Fsp3) is 0.333. The summed E-state index contributed by atoms with van der Waals surface area (Å²) in [5, 5.41) is 13.8. The molecule has 0 spiro atoms. The Morgan fingerprint density at radius 3 is 2.86 bits per heavy atom. The first kappa shape index (κ1) is 23.2. The third-order valence-electron chi connectivity index (χ3n) is 6.41. The molecular formula is C24H26N6O4S. The predicted molar refractivity (Wildman–Crippen MR) is 133 cm³/mol. The van der Waals surface area contributed by atoms with Crippen molar-refractivity contribution >= 4 is 40.6 Å². The molecule has 2 aliphatic rings. The second kappa shape index (κ2) is 9.96. The third kappa shape index (κ3) is 4.69. The van der Waals surface area contributed by atoms with E-state index in [1.807, 2.05) is 53.7 Å². The van der Waals surface area contributed by atoms with Crippen molar-refractivity contribution in [2.75, 3.05) is 30.9 Å². The fourth-order valence-corrected chi connectivity index (χ4v) is 5.58. The smallest absolute Gasteiger partial charge is 0.407 e. The number of thioether (sulfide) groups is 1. The van der Waals surface area contributed by atoms with E-state index >= 15 is 0 Å². The zero-order chi connectivity index (χ0) is 24.4. The van der Waals surface area contributed by atoms with Gasteiger partial charge in [0.25, 0.3) is 5.91 Å². The second-order valence-corrected chi connectivity index (χ2v) is 9.57. The van der Waals surface area contributed by atoms with Gasteiger partial charge >= 0.3 is 6.09 Å². The van der Waals surface area contributed by atoms with Crippen LogP contribution in [0.3, 0.4) is 0 Å². The minimum Gasteiger partial charge on any atom is -0.465 e. The van der Waals surface area contributed by atoms with E-state index < -0.39 is 18.2 Å². The van der Waals surface area contributed by atoms with Gasteiger partial charge < -0.3 is 29.9 Å². The minimum atomic E-state index is -1.03. The van der Waals surface area contributed by atoms with E-state index in [-0.39, 0.29) is 18.6 Å². The number of carbonyl (C=O) groups is 2. The number of nitrogens with one attached hydrogen (secondary N) is 2. The molecule has 0 radical (unpaired) electrons. The summed E-state index contributed by atoms with van der Waals surface area (Å²) in [6.45, 7) is 0.965. The van der Waals surface area contributed by atoms with Crippen LogP contribution in [0.5, 0.6) is 0 Å². The van der Waals surface area contributed by atoms with Gasteiger partial charge in [0.05, 0.1) is 35.0 Å². The maximum Gasteiger partial charge on any atom is 0.407 e. The summed E-state index contributed by atoms with van der Waals surface area (Å²) in [6.07, 6.45) is 4.37. The summed E-state index contributed by atoms with van der Waals surface area (Å²) in [4.78, 5) is 41.1. The monoisotopic (exact) mass is 494 g/mol. The first-order chi connectivity index (χ1) is 17.0. The molecule has 1 saturated heterocycles. The standard InChI is InChI=1S/C24H26N6O4S/c1-34-16-11-18(30(12-16)24(32)33)20(15-5-3-2-4-6-15)28-23(31)19-13-29(9-10-35-19)22-17-7-8-25-21(17)26-14-27-22/h2-8,13-14,16,18,20H,9-12H2,1H3,(H,28,31)(H,32,33)(H,25,26,27). The van der Waals surface area contributed by atoms with Crippen LogP contribution in [0.15, 0.2) is 60.0 Å². The molecule has 1 aromatic carbocycles. The van der Waals surface area contributed by atoms with Gasteiger partial charge in [-0.1, -0.05) is 30.3 Å². The number of carbonyl (C=O) groups excluding carboxylic acids is 1. The molecule has 182 valence electrons. The number of likely N-dealkylation sites (tertiary alicyclic amines) is 1. The number of aromatic nitrogens is 3. The van der Waals surface area contributed by atoms with Gasteiger partial charge in [0, 0.05) is 31.8 Å². The van der Waals surface area contributed by atoms with Gasteiger partial charge in [-0.15, -0.1) is 11.8 Å². The number of rotatable bonds is 6. The second-order valence-electron chi connectivity index (χ2n) is 8.43. The van der Waals surface area contributed by atoms with E-state index in [1.54, 1.807) is 7.11 Å². The molecular weight excluding hydrogens is 468 g/mol. The number of hydrogen-bond donors (Lipinski definition) is 3. The van der Waals surface area contributed by atoms with Gasteiger partial charge in [0.15, 0.2) is 0 Å². The highest BCUT2D eigenvalue weighted by atomic mass is 32.2. The lowest BCUT2D eigenvalue weighted by atomic mass is 9.96. The van der Waals surface area contributed by atoms with Crippen LogP contribution in [-0.2, 0) is 9.53 Å². The van der Waals surface area contributed by atoms with Crippen LogP contribution in [0.25, 0.3) is 11.0 Å². The highest BCUT2D eigenvalue weighted by Gasteiger charge is 2.41. The minimum absolute atomic E-state index is 0.223. The van der Waals surface area contributed by atoms with Crippen LogP contribution in [0, 0.1) is 0 Å². The number of amides is 2. The topological polar surface area (TPSA) is 124 Å². The Morgan fingerprint density at radius 2 is 2.09 bits per heavy atom. The number of fused-ring (bicyclic) bond motifs is 1. The zero-order valence-electron chi connectivity index (χ0n) is 19.1. The third-order valence-corrected chi connectivity index (χ3v) is 7.39. The lowest BCUT2D eigenvalue weighted by Gasteiger charge is -2.32. The Bertz CT molecular complexity index is 1250. The van der Waals surface area contributed by atoms with Gasteiger partial charge in [0.1, 0.15) is 17.8 Å². The van der Waals surface area contributed by atoms with Crippen LogP contribution in [0.2, 0.25) is 0 Å². The van der Waals surface area contributed by atoms with Crippen LogP contribution in [0.1, 0.15) is 18.0 Å². The zero-order valence-corrected chi connectivity index (χ0v) is 19.9. The van der Waals surface area contributed by atoms with E-state index in [0.717, 1.165) is 22.4 Å². The fourth-order valence-electron chi connectivity index (χ4n) is 4.68. The summed E-state index contributed by atoms with van der Waals surface area (Å²) >= 11 is 1.47. The molecule has 3 unspecified atom stereocenters. The van der Waals surface area contributed by atoms with E-state index in [0.29, 0.717) is 23.6 Å². The number of hydrogen-bond acceptors (Lipinski definition) is 7. The van der Waals surface area contributed by atoms with Gasteiger partial charge in [-0.25, -0.2) is 14.8 Å². The van der Waals surface area contributed by atoms with E-state index in [9.17, 15) is 14.7 Å². The highest BCUT2D eigenvalue weighted by molar-refractivity contribution is 8.04. The molecule has 2 aliphatic heterocycles. The first-order valence-electron chi connectivity index (χ1n) is 11.3. The maximum atomic E-state index is 13.5. The number of carboxylic acid groups (broad SMARTS) is 1. The molecule has 0 aliphatic carbocycles. The van der Waals surface area contributed by atoms with Gasteiger partial charge in [0.2, 0.25) is 0 Å². The molecule has 3 N–H and O–H groups in total. The van der Waals surface area contributed by atoms with Crippen molar-refractivity contribution in [2.45, 2.75) is 24.6 Å².